The third-order valence-electron chi connectivity index (χ3n) is 5.57. The van der Waals surface area contributed by atoms with Gasteiger partial charge in [-0.05, 0) is 61.5 Å². The van der Waals surface area contributed by atoms with Gasteiger partial charge in [0.25, 0.3) is 0 Å². The summed E-state index contributed by atoms with van der Waals surface area (Å²) in [6.07, 6.45) is 1.60. The van der Waals surface area contributed by atoms with E-state index in [1.54, 1.807) is 75.8 Å². The topological polar surface area (TPSA) is 89.5 Å². The standard InChI is InChI=1S/C26H20O8/c1-14-19(34-26(28)15-4-7-21-22(11-15)32-13-31-21)9-6-18-24(27)23(33-25(14)18)12-16-10-17(29-2)5-8-20(16)30-3/h4-12H,13H2,1-3H3/b23-12-. The molecule has 2 aliphatic heterocycles. The molecule has 2 heterocycles. The molecule has 5 rings (SSSR count). The van der Waals surface area contributed by atoms with E-state index < -0.39 is 5.97 Å². The molecule has 0 amide bonds. The van der Waals surface area contributed by atoms with Gasteiger partial charge in [0, 0.05) is 11.1 Å². The average Bonchev–Trinajstić information content (AvgIpc) is 3.45. The molecule has 0 spiro atoms. The minimum absolute atomic E-state index is 0.112. The molecule has 0 bridgehead atoms. The Bertz CT molecular complexity index is 1360. The summed E-state index contributed by atoms with van der Waals surface area (Å²) in [4.78, 5) is 25.7. The molecule has 0 radical (unpaired) electrons. The van der Waals surface area contributed by atoms with Crippen molar-refractivity contribution in [2.45, 2.75) is 6.92 Å². The van der Waals surface area contributed by atoms with Crippen LogP contribution < -0.4 is 28.4 Å². The molecule has 0 saturated heterocycles. The van der Waals surface area contributed by atoms with E-state index in [2.05, 4.69) is 0 Å². The van der Waals surface area contributed by atoms with E-state index in [1.807, 2.05) is 0 Å². The Kier molecular flexibility index (Phi) is 5.33. The van der Waals surface area contributed by atoms with Gasteiger partial charge in [-0.25, -0.2) is 4.79 Å². The van der Waals surface area contributed by atoms with Crippen LogP contribution in [0.1, 0.15) is 31.8 Å². The minimum Gasteiger partial charge on any atom is -0.497 e. The molecule has 0 saturated carbocycles. The van der Waals surface area contributed by atoms with Crippen molar-refractivity contribution in [1.29, 1.82) is 0 Å². The maximum Gasteiger partial charge on any atom is 0.343 e. The van der Waals surface area contributed by atoms with Crippen LogP contribution in [0.25, 0.3) is 6.08 Å². The van der Waals surface area contributed by atoms with E-state index in [0.29, 0.717) is 51.0 Å². The van der Waals surface area contributed by atoms with Gasteiger partial charge in [-0.15, -0.1) is 0 Å². The van der Waals surface area contributed by atoms with Crippen molar-refractivity contribution in [2.24, 2.45) is 0 Å². The lowest BCUT2D eigenvalue weighted by Crippen LogP contribution is -2.09. The van der Waals surface area contributed by atoms with Gasteiger partial charge in [0.2, 0.25) is 12.6 Å². The zero-order valence-corrected chi connectivity index (χ0v) is 18.7. The highest BCUT2D eigenvalue weighted by Crippen LogP contribution is 2.40. The summed E-state index contributed by atoms with van der Waals surface area (Å²) < 4.78 is 32.7. The van der Waals surface area contributed by atoms with Crippen LogP contribution in [0.4, 0.5) is 0 Å². The van der Waals surface area contributed by atoms with Gasteiger partial charge in [0.15, 0.2) is 17.3 Å². The predicted molar refractivity (Wildman–Crippen MR) is 121 cm³/mol. The largest absolute Gasteiger partial charge is 0.497 e. The first kappa shape index (κ1) is 21.4. The van der Waals surface area contributed by atoms with Crippen molar-refractivity contribution >= 4 is 17.8 Å². The fourth-order valence-corrected chi connectivity index (χ4v) is 3.75. The molecular weight excluding hydrogens is 440 g/mol. The number of methoxy groups -OCH3 is 2. The van der Waals surface area contributed by atoms with Gasteiger partial charge >= 0.3 is 5.97 Å². The van der Waals surface area contributed by atoms with E-state index in [-0.39, 0.29) is 24.1 Å². The zero-order chi connectivity index (χ0) is 23.8. The summed E-state index contributed by atoms with van der Waals surface area (Å²) in [5.74, 6) is 2.15. The number of ether oxygens (including phenoxy) is 6. The van der Waals surface area contributed by atoms with E-state index in [0.717, 1.165) is 0 Å². The summed E-state index contributed by atoms with van der Waals surface area (Å²) in [7, 11) is 3.10. The van der Waals surface area contributed by atoms with Crippen molar-refractivity contribution in [3.05, 3.63) is 76.5 Å². The summed E-state index contributed by atoms with van der Waals surface area (Å²) in [5.41, 5.74) is 1.85. The highest BCUT2D eigenvalue weighted by Gasteiger charge is 2.31. The average molecular weight is 460 g/mol. The summed E-state index contributed by atoms with van der Waals surface area (Å²) in [6.45, 7) is 1.84. The maximum absolute atomic E-state index is 13.0. The Balaban J connectivity index is 1.42. The number of hydrogen-bond acceptors (Lipinski definition) is 8. The molecule has 34 heavy (non-hydrogen) atoms. The molecule has 2 aliphatic rings. The molecule has 172 valence electrons. The van der Waals surface area contributed by atoms with Crippen LogP contribution in [0.15, 0.2) is 54.3 Å². The van der Waals surface area contributed by atoms with Gasteiger partial charge in [-0.1, -0.05) is 0 Å². The van der Waals surface area contributed by atoms with Crippen LogP contribution in [0, 0.1) is 6.92 Å². The fraction of sp³-hybridized carbons (Fsp3) is 0.154. The molecule has 8 nitrogen and oxygen atoms in total. The van der Waals surface area contributed by atoms with E-state index in [1.165, 1.54) is 0 Å². The smallest absolute Gasteiger partial charge is 0.343 e. The molecular formula is C26H20O8. The monoisotopic (exact) mass is 460 g/mol. The fourth-order valence-electron chi connectivity index (χ4n) is 3.75. The number of carbonyl (C=O) groups is 2. The highest BCUT2D eigenvalue weighted by atomic mass is 16.7. The van der Waals surface area contributed by atoms with Crippen LogP contribution in [0.5, 0.6) is 34.5 Å². The van der Waals surface area contributed by atoms with Crippen molar-refractivity contribution < 1.29 is 38.0 Å². The Labute approximate surface area is 195 Å². The molecule has 8 heteroatoms. The predicted octanol–water partition coefficient (Wildman–Crippen LogP) is 4.58. The van der Waals surface area contributed by atoms with E-state index >= 15 is 0 Å². The number of Topliss-reactive ketones (excluding diaryl/α,β-unsaturated/α-hetero) is 1. The van der Waals surface area contributed by atoms with Gasteiger partial charge in [0.05, 0.1) is 25.3 Å². The Morgan fingerprint density at radius 1 is 0.941 bits per heavy atom. The first-order valence-electron chi connectivity index (χ1n) is 10.4. The third-order valence-corrected chi connectivity index (χ3v) is 5.57. The normalized spacial score (nSPS) is 14.6. The second kappa shape index (κ2) is 8.47. The first-order valence-corrected chi connectivity index (χ1v) is 10.4. The lowest BCUT2D eigenvalue weighted by atomic mass is 10.1. The summed E-state index contributed by atoms with van der Waals surface area (Å²) >= 11 is 0. The molecule has 3 aromatic rings. The number of fused-ring (bicyclic) bond motifs is 2. The first-order chi connectivity index (χ1) is 16.5. The van der Waals surface area contributed by atoms with Crippen LogP contribution >= 0.6 is 0 Å². The van der Waals surface area contributed by atoms with Crippen molar-refractivity contribution in [1.82, 2.24) is 0 Å². The Morgan fingerprint density at radius 2 is 1.74 bits per heavy atom. The Hall–Kier alpha value is -4.46. The lowest BCUT2D eigenvalue weighted by Gasteiger charge is -2.10. The molecule has 0 atom stereocenters. The second-order valence-electron chi connectivity index (χ2n) is 7.57. The van der Waals surface area contributed by atoms with Gasteiger partial charge in [-0.2, -0.15) is 0 Å². The number of rotatable bonds is 5. The number of esters is 1. The molecule has 0 fully saturated rings. The summed E-state index contributed by atoms with van der Waals surface area (Å²) in [6, 6.07) is 13.2. The lowest BCUT2D eigenvalue weighted by molar-refractivity contribution is 0.0732. The zero-order valence-electron chi connectivity index (χ0n) is 18.7. The number of carbonyl (C=O) groups excluding carboxylic acids is 2. The van der Waals surface area contributed by atoms with Crippen molar-refractivity contribution in [3.8, 4) is 34.5 Å². The van der Waals surface area contributed by atoms with Crippen LogP contribution in [0.3, 0.4) is 0 Å². The summed E-state index contributed by atoms with van der Waals surface area (Å²) in [5, 5.41) is 0. The van der Waals surface area contributed by atoms with Gasteiger partial charge < -0.3 is 28.4 Å². The maximum atomic E-state index is 13.0. The number of ketones is 1. The third kappa shape index (κ3) is 3.69. The molecule has 3 aromatic carbocycles. The van der Waals surface area contributed by atoms with Gasteiger partial charge in [-0.3, -0.25) is 4.79 Å². The quantitative estimate of drug-likeness (QED) is 0.311. The van der Waals surface area contributed by atoms with E-state index in [4.69, 9.17) is 28.4 Å². The van der Waals surface area contributed by atoms with E-state index in [9.17, 15) is 9.59 Å². The number of allylic oxidation sites excluding steroid dienone is 1. The Morgan fingerprint density at radius 3 is 2.53 bits per heavy atom. The van der Waals surface area contributed by atoms with Crippen LogP contribution in [0.2, 0.25) is 0 Å². The SMILES string of the molecule is COc1ccc(OC)c(/C=C2\Oc3c(ccc(OC(=O)c4ccc5c(c4)OCO5)c3C)C2=O)c1. The number of benzene rings is 3. The second-order valence-corrected chi connectivity index (χ2v) is 7.57. The van der Waals surface area contributed by atoms with Crippen molar-refractivity contribution in [2.75, 3.05) is 21.0 Å². The molecule has 0 aliphatic carbocycles. The molecule has 0 aromatic heterocycles. The molecule has 0 unspecified atom stereocenters. The number of hydrogen-bond donors (Lipinski definition) is 0. The molecule has 0 N–H and O–H groups in total. The highest BCUT2D eigenvalue weighted by molar-refractivity contribution is 6.15. The van der Waals surface area contributed by atoms with Crippen LogP contribution in [-0.2, 0) is 0 Å². The van der Waals surface area contributed by atoms with Gasteiger partial charge in [0.1, 0.15) is 23.0 Å². The van der Waals surface area contributed by atoms with Crippen molar-refractivity contribution in [3.63, 3.8) is 0 Å². The van der Waals surface area contributed by atoms with Crippen LogP contribution in [-0.4, -0.2) is 32.8 Å². The minimum atomic E-state index is -0.567.